The predicted molar refractivity (Wildman–Crippen MR) is 70.6 cm³/mol. The standard InChI is InChI=1S/C11H15ClN4S/c1-16-5-3-2-4-8(16)7-14-11-15-10(12)9(6-13)17-11/h8H,2-5,7H2,1H3,(H,14,15). The number of likely N-dealkylation sites (N-methyl/N-ethyl adjacent to an activating group) is 1. The molecule has 1 atom stereocenters. The number of aromatic nitrogens is 1. The molecule has 1 N–H and O–H groups in total. The molecule has 0 aliphatic carbocycles. The first-order valence-electron chi connectivity index (χ1n) is 5.71. The minimum absolute atomic E-state index is 0.303. The van der Waals surface area contributed by atoms with Gasteiger partial charge in [-0.2, -0.15) is 5.26 Å². The first-order chi connectivity index (χ1) is 8.20. The van der Waals surface area contributed by atoms with E-state index in [0.717, 1.165) is 18.2 Å². The van der Waals surface area contributed by atoms with E-state index < -0.39 is 0 Å². The van der Waals surface area contributed by atoms with Crippen molar-refractivity contribution in [1.82, 2.24) is 9.88 Å². The van der Waals surface area contributed by atoms with Crippen molar-refractivity contribution in [1.29, 1.82) is 5.26 Å². The Bertz CT molecular complexity index is 426. The van der Waals surface area contributed by atoms with E-state index in [9.17, 15) is 0 Å². The largest absolute Gasteiger partial charge is 0.360 e. The molecule has 1 unspecified atom stereocenters. The van der Waals surface area contributed by atoms with Crippen molar-refractivity contribution in [3.8, 4) is 6.07 Å². The van der Waals surface area contributed by atoms with Gasteiger partial charge in [0.1, 0.15) is 10.9 Å². The SMILES string of the molecule is CN1CCCCC1CNc1nc(Cl)c(C#N)s1. The Labute approximate surface area is 110 Å². The molecule has 1 aliphatic rings. The number of thiazole rings is 1. The lowest BCUT2D eigenvalue weighted by atomic mass is 10.0. The number of halogens is 1. The summed E-state index contributed by atoms with van der Waals surface area (Å²) in [4.78, 5) is 6.97. The Balaban J connectivity index is 1.90. The molecule has 0 bridgehead atoms. The number of rotatable bonds is 3. The summed E-state index contributed by atoms with van der Waals surface area (Å²) in [7, 11) is 2.15. The van der Waals surface area contributed by atoms with Gasteiger partial charge in [0.2, 0.25) is 0 Å². The topological polar surface area (TPSA) is 52.0 Å². The van der Waals surface area contributed by atoms with Gasteiger partial charge < -0.3 is 10.2 Å². The molecular weight excluding hydrogens is 256 g/mol. The average molecular weight is 271 g/mol. The van der Waals surface area contributed by atoms with Crippen LogP contribution in [0.1, 0.15) is 24.1 Å². The number of anilines is 1. The molecule has 1 aromatic rings. The van der Waals surface area contributed by atoms with Gasteiger partial charge in [0, 0.05) is 12.6 Å². The molecule has 0 aromatic carbocycles. The first-order valence-corrected chi connectivity index (χ1v) is 6.90. The minimum atomic E-state index is 0.303. The van der Waals surface area contributed by atoms with Crippen molar-refractivity contribution in [3.63, 3.8) is 0 Å². The second-order valence-electron chi connectivity index (χ2n) is 4.26. The maximum atomic E-state index is 8.79. The molecule has 6 heteroatoms. The molecule has 1 aromatic heterocycles. The van der Waals surface area contributed by atoms with Crippen molar-refractivity contribution < 1.29 is 0 Å². The smallest absolute Gasteiger partial charge is 0.185 e. The zero-order valence-corrected chi connectivity index (χ0v) is 11.3. The summed E-state index contributed by atoms with van der Waals surface area (Å²) in [5, 5.41) is 13.1. The van der Waals surface area contributed by atoms with Crippen molar-refractivity contribution in [2.75, 3.05) is 25.5 Å². The van der Waals surface area contributed by atoms with Crippen molar-refractivity contribution in [2.24, 2.45) is 0 Å². The lowest BCUT2D eigenvalue weighted by Crippen LogP contribution is -2.40. The van der Waals surface area contributed by atoms with Gasteiger partial charge >= 0.3 is 0 Å². The zero-order chi connectivity index (χ0) is 12.3. The average Bonchev–Trinajstić information content (AvgIpc) is 2.69. The fourth-order valence-electron chi connectivity index (χ4n) is 2.05. The fraction of sp³-hybridized carbons (Fsp3) is 0.636. The quantitative estimate of drug-likeness (QED) is 0.917. The van der Waals surface area contributed by atoms with Gasteiger partial charge in [-0.1, -0.05) is 29.4 Å². The highest BCUT2D eigenvalue weighted by atomic mass is 35.5. The number of nitrogens with one attached hydrogen (secondary N) is 1. The Kier molecular flexibility index (Phi) is 4.21. The van der Waals surface area contributed by atoms with Gasteiger partial charge in [-0.15, -0.1) is 0 Å². The molecular formula is C11H15ClN4S. The Morgan fingerprint density at radius 1 is 1.65 bits per heavy atom. The highest BCUT2D eigenvalue weighted by molar-refractivity contribution is 7.16. The van der Waals surface area contributed by atoms with Crippen LogP contribution in [-0.2, 0) is 0 Å². The number of likely N-dealkylation sites (tertiary alicyclic amines) is 1. The number of piperidine rings is 1. The first kappa shape index (κ1) is 12.6. The summed E-state index contributed by atoms with van der Waals surface area (Å²) in [6, 6.07) is 2.59. The van der Waals surface area contributed by atoms with Gasteiger partial charge in [-0.25, -0.2) is 4.98 Å². The van der Waals surface area contributed by atoms with Crippen LogP contribution in [0.3, 0.4) is 0 Å². The van der Waals surface area contributed by atoms with Crippen LogP contribution in [0.15, 0.2) is 0 Å². The molecule has 4 nitrogen and oxygen atoms in total. The third-order valence-corrected chi connectivity index (χ3v) is 4.40. The Morgan fingerprint density at radius 2 is 2.47 bits per heavy atom. The third-order valence-electron chi connectivity index (χ3n) is 3.10. The summed E-state index contributed by atoms with van der Waals surface area (Å²) in [6.45, 7) is 2.03. The number of hydrogen-bond donors (Lipinski definition) is 1. The second-order valence-corrected chi connectivity index (χ2v) is 5.62. The molecule has 1 aliphatic heterocycles. The normalized spacial score (nSPS) is 21.1. The van der Waals surface area contributed by atoms with E-state index >= 15 is 0 Å². The summed E-state index contributed by atoms with van der Waals surface area (Å²) in [5.74, 6) is 0. The third kappa shape index (κ3) is 3.09. The lowest BCUT2D eigenvalue weighted by Gasteiger charge is -2.32. The Hall–Kier alpha value is -0.830. The lowest BCUT2D eigenvalue weighted by molar-refractivity contribution is 0.194. The molecule has 17 heavy (non-hydrogen) atoms. The van der Waals surface area contributed by atoms with E-state index in [-0.39, 0.29) is 0 Å². The highest BCUT2D eigenvalue weighted by Gasteiger charge is 2.19. The zero-order valence-electron chi connectivity index (χ0n) is 9.74. The van der Waals surface area contributed by atoms with Gasteiger partial charge in [0.05, 0.1) is 0 Å². The van der Waals surface area contributed by atoms with Crippen LogP contribution in [-0.4, -0.2) is 36.1 Å². The van der Waals surface area contributed by atoms with Gasteiger partial charge in [-0.05, 0) is 26.4 Å². The van der Waals surface area contributed by atoms with E-state index in [2.05, 4.69) is 22.2 Å². The van der Waals surface area contributed by atoms with Crippen molar-refractivity contribution >= 4 is 28.1 Å². The van der Waals surface area contributed by atoms with Crippen molar-refractivity contribution in [3.05, 3.63) is 10.0 Å². The number of hydrogen-bond acceptors (Lipinski definition) is 5. The van der Waals surface area contributed by atoms with Gasteiger partial charge in [0.15, 0.2) is 10.3 Å². The number of nitrogens with zero attached hydrogens (tertiary/aromatic N) is 3. The van der Waals surface area contributed by atoms with Gasteiger partial charge in [0.25, 0.3) is 0 Å². The fourth-order valence-corrected chi connectivity index (χ4v) is 3.01. The predicted octanol–water partition coefficient (Wildman–Crippen LogP) is 2.56. The number of nitriles is 1. The maximum absolute atomic E-state index is 8.79. The van der Waals surface area contributed by atoms with Crippen LogP contribution >= 0.6 is 22.9 Å². The second kappa shape index (κ2) is 5.67. The van der Waals surface area contributed by atoms with E-state index in [1.165, 1.54) is 30.6 Å². The van der Waals surface area contributed by atoms with Crippen LogP contribution < -0.4 is 5.32 Å². The van der Waals surface area contributed by atoms with Gasteiger partial charge in [-0.3, -0.25) is 0 Å². The summed E-state index contributed by atoms with van der Waals surface area (Å²) in [5.41, 5.74) is 0. The molecule has 2 rings (SSSR count). The molecule has 0 amide bonds. The van der Waals surface area contributed by atoms with E-state index in [1.54, 1.807) is 0 Å². The molecule has 92 valence electrons. The van der Waals surface area contributed by atoms with Crippen LogP contribution in [0, 0.1) is 11.3 Å². The van der Waals surface area contributed by atoms with Crippen LogP contribution in [0.2, 0.25) is 5.15 Å². The van der Waals surface area contributed by atoms with Crippen LogP contribution in [0.25, 0.3) is 0 Å². The van der Waals surface area contributed by atoms with Crippen LogP contribution in [0.4, 0.5) is 5.13 Å². The summed E-state index contributed by atoms with van der Waals surface area (Å²) in [6.07, 6.45) is 3.79. The summed E-state index contributed by atoms with van der Waals surface area (Å²) >= 11 is 7.14. The molecule has 1 fully saturated rings. The monoisotopic (exact) mass is 270 g/mol. The van der Waals surface area contributed by atoms with E-state index in [0.29, 0.717) is 16.1 Å². The molecule has 0 saturated carbocycles. The molecule has 2 heterocycles. The van der Waals surface area contributed by atoms with Crippen molar-refractivity contribution in [2.45, 2.75) is 25.3 Å². The minimum Gasteiger partial charge on any atom is -0.360 e. The summed E-state index contributed by atoms with van der Waals surface area (Å²) < 4.78 is 0. The van der Waals surface area contributed by atoms with Crippen LogP contribution in [0.5, 0.6) is 0 Å². The maximum Gasteiger partial charge on any atom is 0.185 e. The molecule has 0 radical (unpaired) electrons. The highest BCUT2D eigenvalue weighted by Crippen LogP contribution is 2.26. The molecule has 1 saturated heterocycles. The molecule has 0 spiro atoms. The Morgan fingerprint density at radius 3 is 3.12 bits per heavy atom. The van der Waals surface area contributed by atoms with E-state index in [4.69, 9.17) is 16.9 Å². The van der Waals surface area contributed by atoms with E-state index in [1.807, 2.05) is 6.07 Å².